The molecule has 1 aromatic heterocycles. The number of aromatic nitrogens is 2. The van der Waals surface area contributed by atoms with Crippen LogP contribution in [0.1, 0.15) is 23.4 Å². The van der Waals surface area contributed by atoms with E-state index in [9.17, 15) is 0 Å². The van der Waals surface area contributed by atoms with E-state index in [0.29, 0.717) is 0 Å². The van der Waals surface area contributed by atoms with E-state index in [4.69, 9.17) is 0 Å². The molecule has 0 unspecified atom stereocenters. The second-order valence-corrected chi connectivity index (χ2v) is 3.93. The number of rotatable bonds is 4. The molecule has 1 aromatic carbocycles. The normalized spacial score (nSPS) is 10.3. The lowest BCUT2D eigenvalue weighted by molar-refractivity contribution is 0.784. The first-order valence-corrected chi connectivity index (χ1v) is 5.66. The first-order chi connectivity index (χ1) is 7.86. The first kappa shape index (κ1) is 10.8. The summed E-state index contributed by atoms with van der Waals surface area (Å²) >= 11 is 0. The van der Waals surface area contributed by atoms with Gasteiger partial charge in [0.2, 0.25) is 0 Å². The van der Waals surface area contributed by atoms with Crippen LogP contribution in [0.2, 0.25) is 0 Å². The molecular weight excluding hydrogens is 196 g/mol. The van der Waals surface area contributed by atoms with Gasteiger partial charge in [0, 0.05) is 12.4 Å². The van der Waals surface area contributed by atoms with E-state index in [1.165, 1.54) is 5.56 Å². The summed E-state index contributed by atoms with van der Waals surface area (Å²) in [6.45, 7) is 2.02. The van der Waals surface area contributed by atoms with Crippen LogP contribution in [0.4, 0.5) is 0 Å². The van der Waals surface area contributed by atoms with Gasteiger partial charge in [-0.25, -0.2) is 0 Å². The fourth-order valence-electron chi connectivity index (χ4n) is 1.79. The Morgan fingerprint density at radius 2 is 1.69 bits per heavy atom. The molecule has 0 bridgehead atoms. The molecule has 2 nitrogen and oxygen atoms in total. The van der Waals surface area contributed by atoms with Crippen molar-refractivity contribution in [3.8, 4) is 0 Å². The quantitative estimate of drug-likeness (QED) is 0.778. The number of nitrogens with zero attached hydrogens (tertiary/aromatic N) is 2. The summed E-state index contributed by atoms with van der Waals surface area (Å²) in [6.07, 6.45) is 6.76. The second-order valence-electron chi connectivity index (χ2n) is 3.93. The summed E-state index contributed by atoms with van der Waals surface area (Å²) in [5.41, 5.74) is 3.57. The fraction of sp³-hybridized carbons (Fsp3) is 0.286. The maximum Gasteiger partial charge on any atom is 0.0615 e. The number of aryl methyl sites for hydroxylation is 3. The minimum atomic E-state index is 1.01. The van der Waals surface area contributed by atoms with Crippen LogP contribution < -0.4 is 0 Å². The van der Waals surface area contributed by atoms with Gasteiger partial charge in [-0.2, -0.15) is 0 Å². The molecule has 2 rings (SSSR count). The molecule has 0 aliphatic rings. The minimum absolute atomic E-state index is 1.01. The van der Waals surface area contributed by atoms with E-state index < -0.39 is 0 Å². The predicted octanol–water partition coefficient (Wildman–Crippen LogP) is 2.96. The third-order valence-electron chi connectivity index (χ3n) is 2.70. The Balaban J connectivity index is 1.87. The van der Waals surface area contributed by atoms with Crippen molar-refractivity contribution >= 4 is 0 Å². The third-order valence-corrected chi connectivity index (χ3v) is 2.70. The molecule has 0 spiro atoms. The largest absolute Gasteiger partial charge is 0.258 e. The summed E-state index contributed by atoms with van der Waals surface area (Å²) in [5, 5.41) is 0. The molecule has 0 saturated heterocycles. The van der Waals surface area contributed by atoms with E-state index in [0.717, 1.165) is 30.7 Å². The molecule has 0 aliphatic carbocycles. The van der Waals surface area contributed by atoms with Gasteiger partial charge in [0.05, 0.1) is 11.4 Å². The Hall–Kier alpha value is -1.70. The van der Waals surface area contributed by atoms with Crippen LogP contribution in [-0.2, 0) is 12.8 Å². The van der Waals surface area contributed by atoms with Crippen LogP contribution in [0.25, 0.3) is 0 Å². The number of benzene rings is 1. The molecule has 0 radical (unpaired) electrons. The highest BCUT2D eigenvalue weighted by Gasteiger charge is 2.00. The van der Waals surface area contributed by atoms with E-state index >= 15 is 0 Å². The van der Waals surface area contributed by atoms with Gasteiger partial charge in [-0.3, -0.25) is 9.97 Å². The minimum Gasteiger partial charge on any atom is -0.258 e. The van der Waals surface area contributed by atoms with E-state index in [-0.39, 0.29) is 0 Å². The van der Waals surface area contributed by atoms with E-state index in [1.54, 1.807) is 12.4 Å². The first-order valence-electron chi connectivity index (χ1n) is 5.66. The molecule has 0 fully saturated rings. The van der Waals surface area contributed by atoms with E-state index in [2.05, 4.69) is 40.3 Å². The van der Waals surface area contributed by atoms with Crippen molar-refractivity contribution in [2.75, 3.05) is 0 Å². The van der Waals surface area contributed by atoms with Gasteiger partial charge >= 0.3 is 0 Å². The molecule has 16 heavy (non-hydrogen) atoms. The van der Waals surface area contributed by atoms with Crippen molar-refractivity contribution in [3.63, 3.8) is 0 Å². The Labute approximate surface area is 96.4 Å². The van der Waals surface area contributed by atoms with Crippen molar-refractivity contribution < 1.29 is 0 Å². The van der Waals surface area contributed by atoms with Gasteiger partial charge in [-0.15, -0.1) is 0 Å². The summed E-state index contributed by atoms with van der Waals surface area (Å²) in [6, 6.07) is 10.6. The van der Waals surface area contributed by atoms with Gasteiger partial charge in [0.25, 0.3) is 0 Å². The molecule has 0 N–H and O–H groups in total. The lowest BCUT2D eigenvalue weighted by Crippen LogP contribution is -1.97. The maximum atomic E-state index is 4.35. The molecule has 0 atom stereocenters. The zero-order valence-corrected chi connectivity index (χ0v) is 9.56. The van der Waals surface area contributed by atoms with Crippen LogP contribution in [0, 0.1) is 6.92 Å². The van der Waals surface area contributed by atoms with Gasteiger partial charge in [-0.05, 0) is 31.7 Å². The highest BCUT2D eigenvalue weighted by atomic mass is 14.8. The molecule has 1 heterocycles. The van der Waals surface area contributed by atoms with Gasteiger partial charge < -0.3 is 0 Å². The van der Waals surface area contributed by atoms with Gasteiger partial charge in [0.15, 0.2) is 0 Å². The zero-order chi connectivity index (χ0) is 11.2. The predicted molar refractivity (Wildman–Crippen MR) is 65.2 cm³/mol. The highest BCUT2D eigenvalue weighted by molar-refractivity contribution is 5.15. The lowest BCUT2D eigenvalue weighted by Gasteiger charge is -2.03. The molecule has 82 valence electrons. The Morgan fingerprint density at radius 1 is 0.938 bits per heavy atom. The van der Waals surface area contributed by atoms with Crippen LogP contribution in [-0.4, -0.2) is 9.97 Å². The van der Waals surface area contributed by atoms with Crippen molar-refractivity contribution in [1.82, 2.24) is 9.97 Å². The maximum absolute atomic E-state index is 4.35. The van der Waals surface area contributed by atoms with Crippen molar-refractivity contribution in [2.24, 2.45) is 0 Å². The highest BCUT2D eigenvalue weighted by Crippen LogP contribution is 2.07. The average molecular weight is 212 g/mol. The number of hydrogen-bond donors (Lipinski definition) is 0. The van der Waals surface area contributed by atoms with Crippen LogP contribution in [0.5, 0.6) is 0 Å². The molecule has 0 amide bonds. The monoisotopic (exact) mass is 212 g/mol. The fourth-order valence-corrected chi connectivity index (χ4v) is 1.79. The standard InChI is InChI=1S/C14H16N2/c1-12-14(16-11-10-15-12)9-5-8-13-6-3-2-4-7-13/h2-4,6-7,10-11H,5,8-9H2,1H3. The zero-order valence-electron chi connectivity index (χ0n) is 9.56. The SMILES string of the molecule is Cc1nccnc1CCCc1ccccc1. The van der Waals surface area contributed by atoms with E-state index in [1.807, 2.05) is 6.92 Å². The van der Waals surface area contributed by atoms with Gasteiger partial charge in [-0.1, -0.05) is 30.3 Å². The summed E-state index contributed by atoms with van der Waals surface area (Å²) in [7, 11) is 0. The third kappa shape index (κ3) is 2.89. The number of hydrogen-bond acceptors (Lipinski definition) is 2. The average Bonchev–Trinajstić information content (AvgIpc) is 2.33. The van der Waals surface area contributed by atoms with Crippen molar-refractivity contribution in [1.29, 1.82) is 0 Å². The van der Waals surface area contributed by atoms with Gasteiger partial charge in [0.1, 0.15) is 0 Å². The Kier molecular flexibility index (Phi) is 3.65. The Morgan fingerprint density at radius 3 is 2.44 bits per heavy atom. The summed E-state index contributed by atoms with van der Waals surface area (Å²) in [5.74, 6) is 0. The van der Waals surface area contributed by atoms with Crippen molar-refractivity contribution in [2.45, 2.75) is 26.2 Å². The molecule has 0 aliphatic heterocycles. The van der Waals surface area contributed by atoms with Crippen LogP contribution in [0.3, 0.4) is 0 Å². The second kappa shape index (κ2) is 5.40. The van der Waals surface area contributed by atoms with Crippen LogP contribution >= 0.6 is 0 Å². The topological polar surface area (TPSA) is 25.8 Å². The lowest BCUT2D eigenvalue weighted by atomic mass is 10.1. The summed E-state index contributed by atoms with van der Waals surface area (Å²) in [4.78, 5) is 8.59. The molecule has 2 aromatic rings. The Bertz CT molecular complexity index is 437. The molecular formula is C14H16N2. The van der Waals surface area contributed by atoms with Crippen molar-refractivity contribution in [3.05, 3.63) is 59.7 Å². The van der Waals surface area contributed by atoms with Crippen LogP contribution in [0.15, 0.2) is 42.7 Å². The molecule has 2 heteroatoms. The molecule has 0 saturated carbocycles. The summed E-state index contributed by atoms with van der Waals surface area (Å²) < 4.78 is 0. The smallest absolute Gasteiger partial charge is 0.0615 e.